The molecule has 7 heteroatoms. The second kappa shape index (κ2) is 5.43. The van der Waals surface area contributed by atoms with Gasteiger partial charge in [0.25, 0.3) is 5.91 Å². The molecule has 1 amide bonds. The summed E-state index contributed by atoms with van der Waals surface area (Å²) in [5.41, 5.74) is 0. The largest absolute Gasteiger partial charge is 0.455 e. The minimum atomic E-state index is -0.828. The van der Waals surface area contributed by atoms with Crippen molar-refractivity contribution >= 4 is 11.9 Å². The van der Waals surface area contributed by atoms with E-state index in [0.717, 1.165) is 6.42 Å². The number of rotatable bonds is 6. The molecule has 1 aliphatic rings. The number of nitro groups is 1. The van der Waals surface area contributed by atoms with Crippen LogP contribution in [0.2, 0.25) is 0 Å². The highest BCUT2D eigenvalue weighted by molar-refractivity contribution is 5.82. The van der Waals surface area contributed by atoms with Gasteiger partial charge in [0.05, 0.1) is 0 Å². The summed E-state index contributed by atoms with van der Waals surface area (Å²) in [6.45, 7) is 2.06. The van der Waals surface area contributed by atoms with Gasteiger partial charge in [0.15, 0.2) is 6.61 Å². The molecular weight excluding hydrogens is 216 g/mol. The van der Waals surface area contributed by atoms with Gasteiger partial charge in [-0.1, -0.05) is 6.92 Å². The quantitative estimate of drug-likeness (QED) is 0.384. The van der Waals surface area contributed by atoms with Crippen LogP contribution in [0.15, 0.2) is 0 Å². The minimum absolute atomic E-state index is 0.211. The smallest absolute Gasteiger partial charge is 0.316 e. The van der Waals surface area contributed by atoms with E-state index in [1.807, 2.05) is 6.92 Å². The first-order chi connectivity index (χ1) is 7.56. The first kappa shape index (κ1) is 12.4. The molecule has 0 aromatic rings. The van der Waals surface area contributed by atoms with Crippen LogP contribution in [0.25, 0.3) is 0 Å². The highest BCUT2D eigenvalue weighted by Crippen LogP contribution is 2.33. The van der Waals surface area contributed by atoms with Crippen molar-refractivity contribution in [2.45, 2.75) is 25.8 Å². The zero-order valence-corrected chi connectivity index (χ0v) is 8.97. The number of nitrogens with zero attached hydrogens (tertiary/aromatic N) is 1. The molecule has 7 nitrogen and oxygen atoms in total. The molecule has 0 aromatic carbocycles. The van der Waals surface area contributed by atoms with Crippen molar-refractivity contribution in [3.8, 4) is 0 Å². The molecule has 16 heavy (non-hydrogen) atoms. The molecule has 1 rings (SSSR count). The number of carbonyl (C=O) groups excluding carboxylic acids is 2. The third-order valence-corrected chi connectivity index (χ3v) is 2.25. The van der Waals surface area contributed by atoms with E-state index >= 15 is 0 Å². The van der Waals surface area contributed by atoms with E-state index in [4.69, 9.17) is 0 Å². The predicted octanol–water partition coefficient (Wildman–Crippen LogP) is -0.279. The standard InChI is InChI=1S/C9H14N2O5/c1-2-3-10-8(12)5-16-9(13)6-4-7(6)11(14)15/h6-7H,2-5H2,1H3,(H,10,12). The highest BCUT2D eigenvalue weighted by Gasteiger charge is 2.54. The van der Waals surface area contributed by atoms with Crippen LogP contribution >= 0.6 is 0 Å². The van der Waals surface area contributed by atoms with Gasteiger partial charge in [-0.2, -0.15) is 0 Å². The Morgan fingerprint density at radius 2 is 2.25 bits per heavy atom. The van der Waals surface area contributed by atoms with Crippen molar-refractivity contribution in [3.63, 3.8) is 0 Å². The van der Waals surface area contributed by atoms with Crippen LogP contribution in [-0.2, 0) is 14.3 Å². The van der Waals surface area contributed by atoms with E-state index in [9.17, 15) is 19.7 Å². The molecule has 0 aromatic heterocycles. The maximum atomic E-state index is 11.2. The van der Waals surface area contributed by atoms with Crippen LogP contribution in [-0.4, -0.2) is 36.0 Å². The lowest BCUT2D eigenvalue weighted by atomic mass is 10.4. The van der Waals surface area contributed by atoms with Crippen LogP contribution in [0.4, 0.5) is 0 Å². The lowest BCUT2D eigenvalue weighted by Gasteiger charge is -2.04. The first-order valence-electron chi connectivity index (χ1n) is 5.13. The van der Waals surface area contributed by atoms with Gasteiger partial charge in [-0.3, -0.25) is 19.7 Å². The summed E-state index contributed by atoms with van der Waals surface area (Å²) in [5, 5.41) is 12.8. The zero-order valence-electron chi connectivity index (χ0n) is 8.97. The molecule has 0 saturated heterocycles. The molecular formula is C9H14N2O5. The van der Waals surface area contributed by atoms with Gasteiger partial charge in [-0.15, -0.1) is 0 Å². The fourth-order valence-electron chi connectivity index (χ4n) is 1.23. The molecule has 1 saturated carbocycles. The minimum Gasteiger partial charge on any atom is -0.455 e. The predicted molar refractivity (Wildman–Crippen MR) is 53.1 cm³/mol. The maximum Gasteiger partial charge on any atom is 0.316 e. The van der Waals surface area contributed by atoms with E-state index < -0.39 is 22.9 Å². The number of nitrogens with one attached hydrogen (secondary N) is 1. The van der Waals surface area contributed by atoms with E-state index in [1.54, 1.807) is 0 Å². The van der Waals surface area contributed by atoms with Gasteiger partial charge >= 0.3 is 5.97 Å². The molecule has 0 bridgehead atoms. The number of hydrogen-bond donors (Lipinski definition) is 1. The van der Waals surface area contributed by atoms with Crippen LogP contribution in [0, 0.1) is 16.0 Å². The molecule has 2 atom stereocenters. The van der Waals surface area contributed by atoms with E-state index in [0.29, 0.717) is 6.54 Å². The molecule has 90 valence electrons. The number of ether oxygens (including phenoxy) is 1. The Balaban J connectivity index is 2.17. The first-order valence-corrected chi connectivity index (χ1v) is 5.13. The average Bonchev–Trinajstić information content (AvgIpc) is 3.02. The molecule has 2 unspecified atom stereocenters. The van der Waals surface area contributed by atoms with Gasteiger partial charge in [-0.05, 0) is 6.42 Å². The van der Waals surface area contributed by atoms with Crippen LogP contribution in [0.3, 0.4) is 0 Å². The second-order valence-corrected chi connectivity index (χ2v) is 3.65. The monoisotopic (exact) mass is 230 g/mol. The van der Waals surface area contributed by atoms with Crippen LogP contribution in [0.5, 0.6) is 0 Å². The van der Waals surface area contributed by atoms with Gasteiger partial charge < -0.3 is 10.1 Å². The normalized spacial score (nSPS) is 22.3. The lowest BCUT2D eigenvalue weighted by molar-refractivity contribution is -0.497. The number of hydrogen-bond acceptors (Lipinski definition) is 5. The van der Waals surface area contributed by atoms with Crippen molar-refractivity contribution in [1.29, 1.82) is 0 Å². The Morgan fingerprint density at radius 1 is 1.56 bits per heavy atom. The van der Waals surface area contributed by atoms with Gasteiger partial charge in [0.1, 0.15) is 5.92 Å². The van der Waals surface area contributed by atoms with Crippen molar-refractivity contribution < 1.29 is 19.2 Å². The average molecular weight is 230 g/mol. The summed E-state index contributed by atoms with van der Waals surface area (Å²) in [6.07, 6.45) is 1.01. The molecule has 1 N–H and O–H groups in total. The second-order valence-electron chi connectivity index (χ2n) is 3.65. The summed E-state index contributed by atoms with van der Waals surface area (Å²) in [5.74, 6) is -1.71. The van der Waals surface area contributed by atoms with Gasteiger partial charge in [-0.25, -0.2) is 0 Å². The van der Waals surface area contributed by atoms with Crippen molar-refractivity contribution in [2.75, 3.05) is 13.2 Å². The topological polar surface area (TPSA) is 98.5 Å². The lowest BCUT2D eigenvalue weighted by Crippen LogP contribution is -2.29. The van der Waals surface area contributed by atoms with E-state index in [2.05, 4.69) is 10.1 Å². The van der Waals surface area contributed by atoms with Crippen molar-refractivity contribution in [1.82, 2.24) is 5.32 Å². The fourth-order valence-corrected chi connectivity index (χ4v) is 1.23. The highest BCUT2D eigenvalue weighted by atomic mass is 16.6. The molecule has 0 radical (unpaired) electrons. The fraction of sp³-hybridized carbons (Fsp3) is 0.778. The molecule has 1 aliphatic carbocycles. The van der Waals surface area contributed by atoms with Crippen molar-refractivity contribution in [2.24, 2.45) is 5.92 Å². The van der Waals surface area contributed by atoms with E-state index in [1.165, 1.54) is 0 Å². The van der Waals surface area contributed by atoms with Crippen molar-refractivity contribution in [3.05, 3.63) is 10.1 Å². The number of carbonyl (C=O) groups is 2. The molecule has 1 fully saturated rings. The SMILES string of the molecule is CCCNC(=O)COC(=O)C1CC1[N+](=O)[O-]. The third kappa shape index (κ3) is 3.48. The van der Waals surface area contributed by atoms with Gasteiger partial charge in [0.2, 0.25) is 6.04 Å². The third-order valence-electron chi connectivity index (χ3n) is 2.25. The van der Waals surface area contributed by atoms with Crippen LogP contribution < -0.4 is 5.32 Å². The Hall–Kier alpha value is -1.66. The summed E-state index contributed by atoms with van der Waals surface area (Å²) in [7, 11) is 0. The molecule has 0 spiro atoms. The Bertz CT molecular complexity index is 304. The summed E-state index contributed by atoms with van der Waals surface area (Å²) >= 11 is 0. The Morgan fingerprint density at radius 3 is 2.75 bits per heavy atom. The summed E-state index contributed by atoms with van der Waals surface area (Å²) < 4.78 is 4.65. The zero-order chi connectivity index (χ0) is 12.1. The van der Waals surface area contributed by atoms with Gasteiger partial charge in [0, 0.05) is 17.9 Å². The van der Waals surface area contributed by atoms with E-state index in [-0.39, 0.29) is 18.9 Å². The summed E-state index contributed by atoms with van der Waals surface area (Å²) in [6, 6.07) is -0.828. The molecule has 0 heterocycles. The summed E-state index contributed by atoms with van der Waals surface area (Å²) in [4.78, 5) is 32.0. The maximum absolute atomic E-state index is 11.2. The Kier molecular flexibility index (Phi) is 4.21. The Labute approximate surface area is 92.3 Å². The van der Waals surface area contributed by atoms with Crippen LogP contribution in [0.1, 0.15) is 19.8 Å². The number of amides is 1. The number of esters is 1. The molecule has 0 aliphatic heterocycles.